The van der Waals surface area contributed by atoms with Crippen LogP contribution < -0.4 is 5.73 Å². The van der Waals surface area contributed by atoms with Crippen LogP contribution in [0.3, 0.4) is 0 Å². The maximum atomic E-state index is 11.0. The van der Waals surface area contributed by atoms with Gasteiger partial charge < -0.3 is 15.2 Å². The van der Waals surface area contributed by atoms with Gasteiger partial charge in [-0.15, -0.1) is 12.4 Å². The van der Waals surface area contributed by atoms with Crippen LogP contribution in [0.15, 0.2) is 30.3 Å². The monoisotopic (exact) mass is 259 g/mol. The Labute approximate surface area is 105 Å². The van der Waals surface area contributed by atoms with Gasteiger partial charge in [-0.05, 0) is 12.5 Å². The number of hydrogen-bond acceptors (Lipinski definition) is 5. The fourth-order valence-corrected chi connectivity index (χ4v) is 0.921. The fourth-order valence-electron chi connectivity index (χ4n) is 0.921. The second-order valence-corrected chi connectivity index (χ2v) is 3.23. The van der Waals surface area contributed by atoms with Gasteiger partial charge in [0.15, 0.2) is 0 Å². The zero-order chi connectivity index (χ0) is 12.0. The van der Waals surface area contributed by atoms with Crippen molar-refractivity contribution in [1.82, 2.24) is 0 Å². The van der Waals surface area contributed by atoms with Crippen molar-refractivity contribution in [3.8, 4) is 0 Å². The highest BCUT2D eigenvalue weighted by molar-refractivity contribution is 5.85. The third kappa shape index (κ3) is 5.89. The van der Waals surface area contributed by atoms with Gasteiger partial charge in [0.05, 0.1) is 0 Å². The normalized spacial score (nSPS) is 10.9. The van der Waals surface area contributed by atoms with Gasteiger partial charge in [0.2, 0.25) is 0 Å². The maximum Gasteiger partial charge on any atom is 0.516 e. The lowest BCUT2D eigenvalue weighted by Gasteiger charge is -2.06. The fraction of sp³-hybridized carbons (Fsp3) is 0.273. The lowest BCUT2D eigenvalue weighted by molar-refractivity contribution is -0.141. The molecule has 5 nitrogen and oxygen atoms in total. The molecule has 0 bridgehead atoms. The van der Waals surface area contributed by atoms with Crippen molar-refractivity contribution in [2.45, 2.75) is 19.6 Å². The van der Waals surface area contributed by atoms with Crippen molar-refractivity contribution >= 4 is 24.5 Å². The van der Waals surface area contributed by atoms with Crippen molar-refractivity contribution in [3.05, 3.63) is 35.9 Å². The number of hydrogen-bond donors (Lipinski definition) is 1. The summed E-state index contributed by atoms with van der Waals surface area (Å²) >= 11 is 0. The molecule has 0 aromatic heterocycles. The van der Waals surface area contributed by atoms with Crippen LogP contribution in [0.1, 0.15) is 12.5 Å². The first-order chi connectivity index (χ1) is 7.59. The van der Waals surface area contributed by atoms with E-state index in [0.717, 1.165) is 5.56 Å². The van der Waals surface area contributed by atoms with Gasteiger partial charge >= 0.3 is 12.1 Å². The zero-order valence-electron chi connectivity index (χ0n) is 9.29. The Hall–Kier alpha value is -1.59. The topological polar surface area (TPSA) is 78.6 Å². The summed E-state index contributed by atoms with van der Waals surface area (Å²) in [6.45, 7) is 1.48. The predicted octanol–water partition coefficient (Wildman–Crippen LogP) is 1.64. The van der Waals surface area contributed by atoms with Crippen LogP contribution >= 0.6 is 12.4 Å². The van der Waals surface area contributed by atoms with Crippen LogP contribution in [0, 0.1) is 0 Å². The van der Waals surface area contributed by atoms with Gasteiger partial charge in [0.1, 0.15) is 12.6 Å². The molecule has 0 radical (unpaired) electrons. The van der Waals surface area contributed by atoms with Crippen LogP contribution in [-0.4, -0.2) is 18.2 Å². The molecule has 1 rings (SSSR count). The van der Waals surface area contributed by atoms with E-state index >= 15 is 0 Å². The lowest BCUT2D eigenvalue weighted by atomic mass is 10.2. The number of halogens is 1. The molecule has 2 N–H and O–H groups in total. The van der Waals surface area contributed by atoms with Crippen LogP contribution in [0.25, 0.3) is 0 Å². The molecule has 0 aliphatic heterocycles. The van der Waals surface area contributed by atoms with Crippen molar-refractivity contribution in [1.29, 1.82) is 0 Å². The van der Waals surface area contributed by atoms with Crippen LogP contribution in [0.5, 0.6) is 0 Å². The minimum atomic E-state index is -1.04. The van der Waals surface area contributed by atoms with Gasteiger partial charge in [-0.3, -0.25) is 0 Å². The molecule has 1 aromatic rings. The van der Waals surface area contributed by atoms with Crippen LogP contribution in [-0.2, 0) is 20.9 Å². The van der Waals surface area contributed by atoms with Crippen molar-refractivity contribution in [2.75, 3.05) is 0 Å². The highest BCUT2D eigenvalue weighted by Crippen LogP contribution is 2.01. The summed E-state index contributed by atoms with van der Waals surface area (Å²) in [6, 6.07) is 8.22. The molecule has 0 aliphatic rings. The zero-order valence-corrected chi connectivity index (χ0v) is 10.1. The Balaban J connectivity index is 0.00000256. The maximum absolute atomic E-state index is 11.0. The van der Waals surface area contributed by atoms with Gasteiger partial charge in [-0.1, -0.05) is 30.3 Å². The minimum absolute atomic E-state index is 0. The first-order valence-electron chi connectivity index (χ1n) is 4.77. The van der Waals surface area contributed by atoms with E-state index in [1.165, 1.54) is 6.92 Å². The predicted molar refractivity (Wildman–Crippen MR) is 63.6 cm³/mol. The van der Waals surface area contributed by atoms with E-state index in [-0.39, 0.29) is 19.0 Å². The first kappa shape index (κ1) is 15.4. The number of carbonyl (C=O) groups is 2. The summed E-state index contributed by atoms with van der Waals surface area (Å²) in [5.41, 5.74) is 6.02. The van der Waals surface area contributed by atoms with Crippen LogP contribution in [0.2, 0.25) is 0 Å². The number of nitrogens with two attached hydrogens (primary N) is 1. The molecule has 0 amide bonds. The minimum Gasteiger partial charge on any atom is -0.429 e. The molecule has 0 spiro atoms. The van der Waals surface area contributed by atoms with Gasteiger partial charge in [0, 0.05) is 0 Å². The Kier molecular flexibility index (Phi) is 6.93. The summed E-state index contributed by atoms with van der Waals surface area (Å²) in [6.07, 6.45) is -1.04. The van der Waals surface area contributed by atoms with E-state index < -0.39 is 18.2 Å². The Morgan fingerprint density at radius 2 is 1.88 bits per heavy atom. The molecule has 0 fully saturated rings. The number of ether oxygens (including phenoxy) is 2. The third-order valence-electron chi connectivity index (χ3n) is 1.76. The van der Waals surface area contributed by atoms with Gasteiger partial charge in [-0.25, -0.2) is 9.59 Å². The van der Waals surface area contributed by atoms with E-state index in [9.17, 15) is 9.59 Å². The Morgan fingerprint density at radius 3 is 2.41 bits per heavy atom. The SMILES string of the molecule is CC(N)C(=O)OC(=O)OCc1ccccc1.Cl. The third-order valence-corrected chi connectivity index (χ3v) is 1.76. The van der Waals surface area contributed by atoms with E-state index in [4.69, 9.17) is 10.5 Å². The summed E-state index contributed by atoms with van der Waals surface area (Å²) in [7, 11) is 0. The molecule has 6 heteroatoms. The van der Waals surface area contributed by atoms with E-state index in [2.05, 4.69) is 4.74 Å². The standard InChI is InChI=1S/C11H13NO4.ClH/c1-8(12)10(13)16-11(14)15-7-9-5-3-2-4-6-9;/h2-6,8H,7,12H2,1H3;1H. The molecule has 0 aliphatic carbocycles. The second-order valence-electron chi connectivity index (χ2n) is 3.23. The number of carbonyl (C=O) groups excluding carboxylic acids is 2. The average molecular weight is 260 g/mol. The summed E-state index contributed by atoms with van der Waals surface area (Å²) < 4.78 is 9.02. The molecular weight excluding hydrogens is 246 g/mol. The van der Waals surface area contributed by atoms with Gasteiger partial charge in [0.25, 0.3) is 0 Å². The summed E-state index contributed by atoms with van der Waals surface area (Å²) in [4.78, 5) is 21.9. The van der Waals surface area contributed by atoms with E-state index in [1.54, 1.807) is 12.1 Å². The van der Waals surface area contributed by atoms with Crippen LogP contribution in [0.4, 0.5) is 4.79 Å². The number of esters is 1. The summed E-state index contributed by atoms with van der Waals surface area (Å²) in [5.74, 6) is -0.807. The molecule has 0 saturated heterocycles. The molecule has 1 atom stereocenters. The molecule has 0 heterocycles. The highest BCUT2D eigenvalue weighted by Gasteiger charge is 2.15. The van der Waals surface area contributed by atoms with E-state index in [1.807, 2.05) is 18.2 Å². The first-order valence-corrected chi connectivity index (χ1v) is 4.77. The molecule has 94 valence electrons. The number of benzene rings is 1. The van der Waals surface area contributed by atoms with E-state index in [0.29, 0.717) is 0 Å². The highest BCUT2D eigenvalue weighted by atomic mass is 35.5. The molecule has 1 aromatic carbocycles. The molecular formula is C11H14ClNO4. The van der Waals surface area contributed by atoms with Crippen molar-refractivity contribution < 1.29 is 19.1 Å². The number of rotatable bonds is 3. The summed E-state index contributed by atoms with van der Waals surface area (Å²) in [5, 5.41) is 0. The smallest absolute Gasteiger partial charge is 0.429 e. The Morgan fingerprint density at radius 1 is 1.29 bits per heavy atom. The Bertz CT molecular complexity index is 367. The van der Waals surface area contributed by atoms with Gasteiger partial charge in [-0.2, -0.15) is 0 Å². The largest absolute Gasteiger partial charge is 0.516 e. The van der Waals surface area contributed by atoms with Crippen molar-refractivity contribution in [2.24, 2.45) is 5.73 Å². The lowest BCUT2D eigenvalue weighted by Crippen LogP contribution is -2.30. The quantitative estimate of drug-likeness (QED) is 0.659. The average Bonchev–Trinajstić information content (AvgIpc) is 2.27. The van der Waals surface area contributed by atoms with Crippen molar-refractivity contribution in [3.63, 3.8) is 0 Å². The second kappa shape index (κ2) is 7.65. The molecule has 17 heavy (non-hydrogen) atoms. The molecule has 1 unspecified atom stereocenters. The molecule has 0 saturated carbocycles.